The van der Waals surface area contributed by atoms with Crippen molar-refractivity contribution in [2.24, 2.45) is 0 Å². The maximum atomic E-state index is 9.86. The Morgan fingerprint density at radius 3 is 1.92 bits per heavy atom. The Bertz CT molecular complexity index is 261. The van der Waals surface area contributed by atoms with E-state index in [1.165, 1.54) is 57.8 Å². The van der Waals surface area contributed by atoms with Gasteiger partial charge in [-0.25, -0.2) is 0 Å². The first-order chi connectivity index (χ1) is 12.7. The first-order valence-corrected chi connectivity index (χ1v) is 11.1. The highest BCUT2D eigenvalue weighted by Crippen LogP contribution is 2.11. The number of hydrogen-bond donors (Lipinski definition) is 2. The number of aliphatic hydroxyl groups is 2. The highest BCUT2D eigenvalue weighted by molar-refractivity contribution is 4.79. The van der Waals surface area contributed by atoms with Crippen LogP contribution in [-0.2, 0) is 9.47 Å². The molecular weight excluding hydrogens is 328 g/mol. The van der Waals surface area contributed by atoms with Crippen molar-refractivity contribution >= 4 is 0 Å². The third-order valence-corrected chi connectivity index (χ3v) is 4.63. The molecule has 0 aliphatic carbocycles. The van der Waals surface area contributed by atoms with E-state index < -0.39 is 6.10 Å². The molecule has 26 heavy (non-hydrogen) atoms. The summed E-state index contributed by atoms with van der Waals surface area (Å²) in [7, 11) is 0. The first kappa shape index (κ1) is 25.8. The number of hydrogen-bond acceptors (Lipinski definition) is 4. The maximum absolute atomic E-state index is 9.86. The van der Waals surface area contributed by atoms with Crippen molar-refractivity contribution in [2.45, 2.75) is 110 Å². The van der Waals surface area contributed by atoms with Crippen LogP contribution in [0.3, 0.4) is 0 Å². The van der Waals surface area contributed by atoms with Crippen molar-refractivity contribution in [3.05, 3.63) is 6.42 Å². The van der Waals surface area contributed by atoms with Gasteiger partial charge in [0.05, 0.1) is 25.4 Å². The molecule has 2 unspecified atom stereocenters. The smallest absolute Gasteiger partial charge is 0.0838 e. The van der Waals surface area contributed by atoms with E-state index in [1.807, 2.05) is 6.42 Å². The lowest BCUT2D eigenvalue weighted by Crippen LogP contribution is -2.24. The quantitative estimate of drug-likeness (QED) is 0.276. The first-order valence-electron chi connectivity index (χ1n) is 11.1. The van der Waals surface area contributed by atoms with E-state index >= 15 is 0 Å². The molecule has 0 aliphatic rings. The van der Waals surface area contributed by atoms with Crippen LogP contribution < -0.4 is 0 Å². The molecule has 0 amide bonds. The molecule has 0 bridgehead atoms. The minimum Gasteiger partial charge on any atom is -0.394 e. The van der Waals surface area contributed by atoms with Crippen LogP contribution in [0.1, 0.15) is 97.3 Å². The fraction of sp³-hybridized carbons (Fsp3) is 0.955. The topological polar surface area (TPSA) is 58.9 Å². The largest absolute Gasteiger partial charge is 0.394 e. The summed E-state index contributed by atoms with van der Waals surface area (Å²) in [6.45, 7) is 6.08. The molecule has 0 aromatic rings. The van der Waals surface area contributed by atoms with Crippen LogP contribution in [0.4, 0.5) is 0 Å². The molecular formula is C22H45O4. The van der Waals surface area contributed by atoms with Gasteiger partial charge >= 0.3 is 0 Å². The molecule has 4 heteroatoms. The molecule has 0 rings (SSSR count). The minimum atomic E-state index is -0.512. The van der Waals surface area contributed by atoms with Gasteiger partial charge in [-0.2, -0.15) is 0 Å². The summed E-state index contributed by atoms with van der Waals surface area (Å²) < 4.78 is 11.1. The predicted molar refractivity (Wildman–Crippen MR) is 109 cm³/mol. The van der Waals surface area contributed by atoms with Gasteiger partial charge in [0, 0.05) is 13.2 Å². The van der Waals surface area contributed by atoms with E-state index in [0.29, 0.717) is 26.2 Å². The average molecular weight is 374 g/mol. The monoisotopic (exact) mass is 373 g/mol. The molecule has 1 radical (unpaired) electrons. The second-order valence-corrected chi connectivity index (χ2v) is 7.33. The van der Waals surface area contributed by atoms with Crippen LogP contribution in [0.5, 0.6) is 0 Å². The SMILES string of the molecule is CCCCCCCCCCCCOC([CH]CC(O)COCCCC)CO. The van der Waals surface area contributed by atoms with E-state index in [4.69, 9.17) is 9.47 Å². The number of unbranched alkanes of at least 4 members (excludes halogenated alkanes) is 10. The van der Waals surface area contributed by atoms with E-state index in [2.05, 4.69) is 13.8 Å². The summed E-state index contributed by atoms with van der Waals surface area (Å²) in [6, 6.07) is 0. The second kappa shape index (κ2) is 21.1. The zero-order valence-corrected chi connectivity index (χ0v) is 17.5. The normalized spacial score (nSPS) is 13.8. The van der Waals surface area contributed by atoms with Crippen LogP contribution in [0.25, 0.3) is 0 Å². The van der Waals surface area contributed by atoms with Gasteiger partial charge in [-0.3, -0.25) is 0 Å². The van der Waals surface area contributed by atoms with Gasteiger partial charge in [-0.05, 0) is 25.7 Å². The zero-order valence-electron chi connectivity index (χ0n) is 17.5. The Kier molecular flexibility index (Phi) is 21.0. The molecule has 4 nitrogen and oxygen atoms in total. The molecule has 0 saturated heterocycles. The van der Waals surface area contributed by atoms with Gasteiger partial charge in [0.2, 0.25) is 0 Å². The molecule has 2 atom stereocenters. The molecule has 0 spiro atoms. The predicted octanol–water partition coefficient (Wildman–Crippen LogP) is 5.06. The van der Waals surface area contributed by atoms with Crippen LogP contribution in [0.2, 0.25) is 0 Å². The summed E-state index contributed by atoms with van der Waals surface area (Å²) in [4.78, 5) is 0. The fourth-order valence-corrected chi connectivity index (χ4v) is 2.86. The van der Waals surface area contributed by atoms with Gasteiger partial charge in [-0.1, -0.05) is 78.1 Å². The number of rotatable bonds is 21. The van der Waals surface area contributed by atoms with Gasteiger partial charge in [0.15, 0.2) is 0 Å². The minimum absolute atomic E-state index is 0.0266. The van der Waals surface area contributed by atoms with E-state index in [1.54, 1.807) is 0 Å². The lowest BCUT2D eigenvalue weighted by atomic mass is 10.1. The summed E-state index contributed by atoms with van der Waals surface area (Å²) in [5.74, 6) is 0. The Morgan fingerprint density at radius 2 is 1.35 bits per heavy atom. The van der Waals surface area contributed by atoms with E-state index in [-0.39, 0.29) is 12.7 Å². The standard InChI is InChI=1S/C22H45O4/c1-3-5-7-8-9-10-11-12-13-14-18-26-22(19-23)16-15-21(24)20-25-17-6-4-2/h16,21-24H,3-15,17-20H2,1-2H3. The maximum Gasteiger partial charge on any atom is 0.0838 e. The van der Waals surface area contributed by atoms with E-state index in [0.717, 1.165) is 19.3 Å². The Labute approximate surface area is 162 Å². The van der Waals surface area contributed by atoms with Crippen LogP contribution in [0.15, 0.2) is 0 Å². The van der Waals surface area contributed by atoms with Crippen molar-refractivity contribution in [2.75, 3.05) is 26.4 Å². The number of aliphatic hydroxyl groups excluding tert-OH is 2. The lowest BCUT2D eigenvalue weighted by molar-refractivity contribution is 0.0105. The van der Waals surface area contributed by atoms with Gasteiger partial charge in [0.1, 0.15) is 0 Å². The summed E-state index contributed by atoms with van der Waals surface area (Å²) in [5.41, 5.74) is 0. The molecule has 0 heterocycles. The van der Waals surface area contributed by atoms with Crippen molar-refractivity contribution in [1.82, 2.24) is 0 Å². The van der Waals surface area contributed by atoms with Crippen LogP contribution in [0, 0.1) is 6.42 Å². The Morgan fingerprint density at radius 1 is 0.769 bits per heavy atom. The number of ether oxygens (including phenoxy) is 2. The highest BCUT2D eigenvalue weighted by atomic mass is 16.5. The van der Waals surface area contributed by atoms with Crippen molar-refractivity contribution in [3.8, 4) is 0 Å². The molecule has 0 aromatic heterocycles. The van der Waals surface area contributed by atoms with Crippen LogP contribution in [-0.4, -0.2) is 48.8 Å². The Balaban J connectivity index is 3.41. The zero-order chi connectivity index (χ0) is 19.3. The molecule has 157 valence electrons. The summed E-state index contributed by atoms with van der Waals surface area (Å²) in [6.07, 6.45) is 16.7. The van der Waals surface area contributed by atoms with Crippen molar-refractivity contribution in [3.63, 3.8) is 0 Å². The van der Waals surface area contributed by atoms with E-state index in [9.17, 15) is 10.2 Å². The third-order valence-electron chi connectivity index (χ3n) is 4.63. The van der Waals surface area contributed by atoms with Crippen LogP contribution >= 0.6 is 0 Å². The molecule has 0 aliphatic heterocycles. The summed E-state index contributed by atoms with van der Waals surface area (Å²) >= 11 is 0. The molecule has 2 N–H and O–H groups in total. The van der Waals surface area contributed by atoms with Gasteiger partial charge < -0.3 is 19.7 Å². The fourth-order valence-electron chi connectivity index (χ4n) is 2.86. The molecule has 0 aromatic carbocycles. The lowest BCUT2D eigenvalue weighted by Gasteiger charge is -2.17. The Hall–Kier alpha value is -0.160. The van der Waals surface area contributed by atoms with Crippen molar-refractivity contribution in [1.29, 1.82) is 0 Å². The van der Waals surface area contributed by atoms with Gasteiger partial charge in [-0.15, -0.1) is 0 Å². The highest BCUT2D eigenvalue weighted by Gasteiger charge is 2.12. The van der Waals surface area contributed by atoms with Crippen molar-refractivity contribution < 1.29 is 19.7 Å². The third kappa shape index (κ3) is 18.6. The van der Waals surface area contributed by atoms with Gasteiger partial charge in [0.25, 0.3) is 0 Å². The molecule has 0 fully saturated rings. The average Bonchev–Trinajstić information content (AvgIpc) is 2.65. The molecule has 0 saturated carbocycles. The second-order valence-electron chi connectivity index (χ2n) is 7.33. The summed E-state index contributed by atoms with van der Waals surface area (Å²) in [5, 5.41) is 19.2.